The maximum Gasteiger partial charge on any atom is 0.315 e. The van der Waals surface area contributed by atoms with Gasteiger partial charge in [0.05, 0.1) is 33.5 Å². The first-order chi connectivity index (χ1) is 14.8. The van der Waals surface area contributed by atoms with Crippen LogP contribution in [0.15, 0.2) is 40.8 Å². The molecule has 0 radical (unpaired) electrons. The summed E-state index contributed by atoms with van der Waals surface area (Å²) in [6.45, 7) is 0.314. The predicted molar refractivity (Wildman–Crippen MR) is 112 cm³/mol. The molecule has 0 amide bonds. The van der Waals surface area contributed by atoms with E-state index in [-0.39, 0.29) is 28.4 Å². The Balaban J connectivity index is 1.74. The molecule has 1 atom stereocenters. The Morgan fingerprint density at radius 1 is 1.10 bits per heavy atom. The second-order valence-electron chi connectivity index (χ2n) is 6.87. The molecule has 0 saturated carbocycles. The summed E-state index contributed by atoms with van der Waals surface area (Å²) in [5.41, 5.74) is 1.26. The molecule has 2 N–H and O–H groups in total. The van der Waals surface area contributed by atoms with Crippen LogP contribution < -0.4 is 5.32 Å². The van der Waals surface area contributed by atoms with Crippen LogP contribution >= 0.6 is 0 Å². The second kappa shape index (κ2) is 8.52. The summed E-state index contributed by atoms with van der Waals surface area (Å²) >= 11 is 0. The number of aromatic nitrogens is 3. The van der Waals surface area contributed by atoms with E-state index in [1.807, 2.05) is 0 Å². The molecule has 0 bridgehead atoms. The van der Waals surface area contributed by atoms with Gasteiger partial charge in [0.1, 0.15) is 17.5 Å². The number of hydrogen-bond acceptors (Lipinski definition) is 5. The molecule has 7 nitrogen and oxygen atoms in total. The van der Waals surface area contributed by atoms with E-state index < -0.39 is 28.4 Å². The lowest BCUT2D eigenvalue weighted by Crippen LogP contribution is -2.22. The van der Waals surface area contributed by atoms with Gasteiger partial charge in [0.15, 0.2) is 0 Å². The molecule has 0 spiro atoms. The minimum absolute atomic E-state index is 0.0202. The van der Waals surface area contributed by atoms with Gasteiger partial charge in [-0.3, -0.25) is 0 Å². The molecule has 2 aromatic carbocycles. The molecule has 0 aliphatic rings. The number of nitrogens with zero attached hydrogens (tertiary/aromatic N) is 3. The molecule has 0 saturated heterocycles. The Morgan fingerprint density at radius 3 is 2.55 bits per heavy atom. The van der Waals surface area contributed by atoms with Crippen LogP contribution in [0.1, 0.15) is 0 Å². The van der Waals surface area contributed by atoms with E-state index in [9.17, 15) is 17.4 Å². The molecule has 4 aromatic rings. The second-order valence-corrected chi connectivity index (χ2v) is 8.65. The van der Waals surface area contributed by atoms with E-state index in [1.54, 1.807) is 18.4 Å². The Morgan fingerprint density at radius 2 is 1.84 bits per heavy atom. The Labute approximate surface area is 177 Å². The number of rotatable bonds is 7. The number of anilines is 1. The molecule has 2 heterocycles. The average molecular weight is 449 g/mol. The van der Waals surface area contributed by atoms with E-state index in [2.05, 4.69) is 20.5 Å². The number of nitrogens with one attached hydrogen (secondary N) is 2. The number of benzene rings is 2. The van der Waals surface area contributed by atoms with Gasteiger partial charge in [0, 0.05) is 18.0 Å². The fraction of sp³-hybridized carbons (Fsp3) is 0.200. The monoisotopic (exact) mass is 449 g/mol. The molecule has 162 valence electrons. The highest BCUT2D eigenvalue weighted by atomic mass is 32.2. The zero-order chi connectivity index (χ0) is 22.1. The highest BCUT2D eigenvalue weighted by Gasteiger charge is 2.23. The molecule has 11 heteroatoms. The summed E-state index contributed by atoms with van der Waals surface area (Å²) < 4.78 is 60.8. The van der Waals surface area contributed by atoms with Crippen molar-refractivity contribution in [1.29, 1.82) is 0 Å². The summed E-state index contributed by atoms with van der Waals surface area (Å²) in [5.74, 6) is -1.63. The molecular weight excluding hydrogens is 431 g/mol. The Bertz CT molecular complexity index is 1250. The van der Waals surface area contributed by atoms with Crippen molar-refractivity contribution < 1.29 is 21.8 Å². The van der Waals surface area contributed by atoms with Crippen molar-refractivity contribution in [1.82, 2.24) is 19.5 Å². The fourth-order valence-electron chi connectivity index (χ4n) is 3.10. The Hall–Kier alpha value is -3.18. The number of fused-ring (bicyclic) bond motifs is 1. The van der Waals surface area contributed by atoms with E-state index in [0.717, 1.165) is 12.1 Å². The van der Waals surface area contributed by atoms with E-state index >= 15 is 0 Å². The van der Waals surface area contributed by atoms with Gasteiger partial charge in [0.25, 0.3) is 5.89 Å². The van der Waals surface area contributed by atoms with Crippen molar-refractivity contribution in [3.63, 3.8) is 0 Å². The fourth-order valence-corrected chi connectivity index (χ4v) is 3.74. The quantitative estimate of drug-likeness (QED) is 0.446. The summed E-state index contributed by atoms with van der Waals surface area (Å²) in [7, 11) is 2.24. The van der Waals surface area contributed by atoms with Gasteiger partial charge in [-0.15, -0.1) is 5.10 Å². The Kier molecular flexibility index (Phi) is 5.79. The average Bonchev–Trinajstić information content (AvgIpc) is 3.33. The smallest absolute Gasteiger partial charge is 0.315 e. The van der Waals surface area contributed by atoms with Gasteiger partial charge in [0.2, 0.25) is 0 Å². The number of aromatic amines is 1. The summed E-state index contributed by atoms with van der Waals surface area (Å²) in [6, 6.07) is 7.52. The van der Waals surface area contributed by atoms with Crippen LogP contribution in [-0.2, 0) is 11.0 Å². The first-order valence-corrected chi connectivity index (χ1v) is 10.5. The van der Waals surface area contributed by atoms with E-state index in [1.165, 1.54) is 24.3 Å². The van der Waals surface area contributed by atoms with Crippen LogP contribution in [-0.4, -0.2) is 50.1 Å². The summed E-state index contributed by atoms with van der Waals surface area (Å²) in [5, 5.41) is 11.0. The number of halogens is 3. The van der Waals surface area contributed by atoms with E-state index in [4.69, 9.17) is 4.42 Å². The summed E-state index contributed by atoms with van der Waals surface area (Å²) in [6.07, 6.45) is 0. The molecule has 2 aromatic heterocycles. The molecule has 31 heavy (non-hydrogen) atoms. The van der Waals surface area contributed by atoms with Crippen molar-refractivity contribution >= 4 is 27.9 Å². The lowest BCUT2D eigenvalue weighted by molar-refractivity contribution is 0.581. The largest absolute Gasteiger partial charge is 0.403 e. The summed E-state index contributed by atoms with van der Waals surface area (Å²) in [4.78, 5) is 2.92. The molecule has 1 unspecified atom stereocenters. The van der Waals surface area contributed by atoms with Gasteiger partial charge in [-0.2, -0.15) is 0 Å². The number of hydrogen-bond donors (Lipinski definition) is 2. The first kappa shape index (κ1) is 21.1. The topological polar surface area (TPSA) is 87.0 Å². The van der Waals surface area contributed by atoms with Crippen LogP contribution in [0.2, 0.25) is 0 Å². The van der Waals surface area contributed by atoms with E-state index in [0.29, 0.717) is 23.6 Å². The highest BCUT2D eigenvalue weighted by Crippen LogP contribution is 2.39. The highest BCUT2D eigenvalue weighted by molar-refractivity contribution is 7.82. The van der Waals surface area contributed by atoms with Gasteiger partial charge >= 0.3 is 6.01 Å². The number of H-pyrrole nitrogens is 1. The van der Waals surface area contributed by atoms with Crippen LogP contribution in [0.4, 0.5) is 19.2 Å². The third-order valence-corrected chi connectivity index (χ3v) is 5.92. The van der Waals surface area contributed by atoms with Crippen molar-refractivity contribution in [2.24, 2.45) is 0 Å². The molecule has 0 aliphatic heterocycles. The van der Waals surface area contributed by atoms with Crippen molar-refractivity contribution in [3.05, 3.63) is 53.8 Å². The van der Waals surface area contributed by atoms with Crippen LogP contribution in [0.3, 0.4) is 0 Å². The lowest BCUT2D eigenvalue weighted by Gasteiger charge is -2.08. The van der Waals surface area contributed by atoms with Gasteiger partial charge in [-0.05, 0) is 50.0 Å². The molecular formula is C20H18F3N5O2S. The lowest BCUT2D eigenvalue weighted by atomic mass is 10.0. The maximum absolute atomic E-state index is 14.4. The van der Waals surface area contributed by atoms with Crippen LogP contribution in [0.25, 0.3) is 33.6 Å². The third kappa shape index (κ3) is 4.32. The van der Waals surface area contributed by atoms with Crippen molar-refractivity contribution in [2.75, 3.05) is 31.7 Å². The normalized spacial score (nSPS) is 12.6. The van der Waals surface area contributed by atoms with Gasteiger partial charge in [-0.1, -0.05) is 5.10 Å². The molecule has 4 rings (SSSR count). The van der Waals surface area contributed by atoms with Crippen molar-refractivity contribution in [2.45, 2.75) is 0 Å². The van der Waals surface area contributed by atoms with Crippen molar-refractivity contribution in [3.8, 4) is 22.7 Å². The molecule has 0 aliphatic carbocycles. The van der Waals surface area contributed by atoms with Gasteiger partial charge in [-0.25, -0.2) is 21.7 Å². The van der Waals surface area contributed by atoms with Crippen LogP contribution in [0.5, 0.6) is 0 Å². The van der Waals surface area contributed by atoms with Gasteiger partial charge < -0.3 is 14.7 Å². The maximum atomic E-state index is 14.4. The first-order valence-electron chi connectivity index (χ1n) is 9.23. The minimum atomic E-state index is -1.16. The van der Waals surface area contributed by atoms with Crippen LogP contribution in [0, 0.1) is 17.5 Å². The SMILES string of the molecule is CN(C)S(=O)CCNc1nnc(-c2c(-c3ccc(F)cc3)[nH]c3c(F)cc(F)cc23)o1. The standard InChI is InChI=1S/C20H18F3N5O2S/c1-28(2)31(29)8-7-24-20-27-26-19(30-20)16-14-9-13(22)10-15(23)18(14)25-17(16)11-3-5-12(21)6-4-11/h3-6,9-10,25H,7-8H2,1-2H3,(H,24,27). The zero-order valence-corrected chi connectivity index (χ0v) is 17.4. The predicted octanol–water partition coefficient (Wildman–Crippen LogP) is 3.94. The zero-order valence-electron chi connectivity index (χ0n) is 16.6. The third-order valence-electron chi connectivity index (χ3n) is 4.56. The minimum Gasteiger partial charge on any atom is -0.403 e. The molecule has 0 fully saturated rings.